The molecule has 1 saturated heterocycles. The molecule has 3 N–H and O–H groups in total. The summed E-state index contributed by atoms with van der Waals surface area (Å²) in [6.07, 6.45) is 3.22. The summed E-state index contributed by atoms with van der Waals surface area (Å²) in [6, 6.07) is 15.1. The molecule has 0 spiro atoms. The van der Waals surface area contributed by atoms with Crippen molar-refractivity contribution >= 4 is 28.4 Å². The molecule has 0 aliphatic carbocycles. The highest BCUT2D eigenvalue weighted by molar-refractivity contribution is 5.82. The lowest BCUT2D eigenvalue weighted by Crippen LogP contribution is -2.39. The maximum absolute atomic E-state index is 13.2. The third kappa shape index (κ3) is 5.43. The number of nitrogens with one attached hydrogen (secondary N) is 2. The van der Waals surface area contributed by atoms with Gasteiger partial charge in [-0.15, -0.1) is 0 Å². The molecular weight excluding hydrogens is 482 g/mol. The van der Waals surface area contributed by atoms with Gasteiger partial charge in [0, 0.05) is 48.1 Å². The molecule has 0 saturated carbocycles. The Kier molecular flexibility index (Phi) is 7.46. The molecule has 5 rings (SSSR count). The molecule has 1 atom stereocenters. The molecule has 1 fully saturated rings. The average molecular weight is 516 g/mol. The number of ether oxygens (including phenoxy) is 1. The van der Waals surface area contributed by atoms with Crippen molar-refractivity contribution in [1.29, 1.82) is 0 Å². The van der Waals surface area contributed by atoms with E-state index in [1.54, 1.807) is 19.2 Å². The van der Waals surface area contributed by atoms with Crippen LogP contribution in [0.1, 0.15) is 42.5 Å². The maximum Gasteiger partial charge on any atom is 0.218 e. The zero-order valence-electron chi connectivity index (χ0n) is 21.9. The maximum atomic E-state index is 13.2. The van der Waals surface area contributed by atoms with E-state index in [0.717, 1.165) is 54.1 Å². The van der Waals surface area contributed by atoms with Crippen molar-refractivity contribution in [3.63, 3.8) is 0 Å². The van der Waals surface area contributed by atoms with Crippen LogP contribution in [-0.4, -0.2) is 41.3 Å². The predicted octanol–water partition coefficient (Wildman–Crippen LogP) is 4.65. The first-order valence-electron chi connectivity index (χ1n) is 12.9. The van der Waals surface area contributed by atoms with E-state index in [4.69, 9.17) is 9.15 Å². The Bertz CT molecular complexity index is 1480. The number of fused-ring (bicyclic) bond motifs is 1. The number of methoxy groups -OCH3 is 1. The summed E-state index contributed by atoms with van der Waals surface area (Å²) in [5.74, 6) is 1.84. The molecule has 0 bridgehead atoms. The van der Waals surface area contributed by atoms with Crippen molar-refractivity contribution < 1.29 is 14.3 Å². The van der Waals surface area contributed by atoms with Gasteiger partial charge in [-0.3, -0.25) is 4.79 Å². The molecule has 1 unspecified atom stereocenters. The average Bonchev–Trinajstić information content (AvgIpc) is 2.93. The van der Waals surface area contributed by atoms with Crippen LogP contribution in [0.15, 0.2) is 64.1 Å². The fourth-order valence-electron chi connectivity index (χ4n) is 4.99. The Morgan fingerprint density at radius 2 is 1.95 bits per heavy atom. The second-order valence-electron chi connectivity index (χ2n) is 9.71. The van der Waals surface area contributed by atoms with E-state index in [-0.39, 0.29) is 24.1 Å². The number of hydrogen-bond acceptors (Lipinski definition) is 9. The van der Waals surface area contributed by atoms with Crippen LogP contribution in [0.5, 0.6) is 5.88 Å². The first-order valence-corrected chi connectivity index (χ1v) is 12.9. The third-order valence-electron chi connectivity index (χ3n) is 7.02. The number of benzene rings is 2. The molecule has 4 aromatic rings. The first-order chi connectivity index (χ1) is 18.4. The van der Waals surface area contributed by atoms with E-state index in [1.807, 2.05) is 44.2 Å². The van der Waals surface area contributed by atoms with Crippen LogP contribution < -0.4 is 25.7 Å². The second kappa shape index (κ2) is 11.1. The number of nitrogens with zero attached hydrogens (tertiary/aromatic N) is 3. The van der Waals surface area contributed by atoms with Crippen molar-refractivity contribution in [2.75, 3.05) is 35.7 Å². The van der Waals surface area contributed by atoms with Gasteiger partial charge < -0.3 is 29.8 Å². The standard InChI is InChI=1S/C29H33N5O4/c1-18-12-22(19(2)32-24-7-5-4-6-20(24)16-35)29-23(13-18)25(36)14-28(38-29)34-10-8-21(9-11-34)33-26-15-27(37-3)31-17-30-26/h4-7,12-15,17,19,21,32,35H,8-11,16H2,1-3H3,(H,30,31,33). The summed E-state index contributed by atoms with van der Waals surface area (Å²) in [6.45, 7) is 5.45. The van der Waals surface area contributed by atoms with E-state index in [1.165, 1.54) is 6.33 Å². The number of aryl methyl sites for hydroxylation is 1. The van der Waals surface area contributed by atoms with Crippen LogP contribution >= 0.6 is 0 Å². The first kappa shape index (κ1) is 25.5. The lowest BCUT2D eigenvalue weighted by molar-refractivity contribution is 0.282. The molecule has 0 amide bonds. The number of piperidine rings is 1. The molecule has 0 radical (unpaired) electrons. The second-order valence-corrected chi connectivity index (χ2v) is 9.71. The fourth-order valence-corrected chi connectivity index (χ4v) is 4.99. The highest BCUT2D eigenvalue weighted by Crippen LogP contribution is 2.31. The number of anilines is 3. The van der Waals surface area contributed by atoms with Gasteiger partial charge in [0.05, 0.1) is 25.1 Å². The molecule has 38 heavy (non-hydrogen) atoms. The van der Waals surface area contributed by atoms with Crippen LogP contribution in [0.25, 0.3) is 11.0 Å². The van der Waals surface area contributed by atoms with Crippen molar-refractivity contribution in [1.82, 2.24) is 9.97 Å². The minimum absolute atomic E-state index is 0.0533. The largest absolute Gasteiger partial charge is 0.481 e. The lowest BCUT2D eigenvalue weighted by Gasteiger charge is -2.33. The van der Waals surface area contributed by atoms with Gasteiger partial charge in [0.25, 0.3) is 0 Å². The van der Waals surface area contributed by atoms with Gasteiger partial charge in [0.15, 0.2) is 11.3 Å². The molecular formula is C29H33N5O4. The molecule has 9 nitrogen and oxygen atoms in total. The van der Waals surface area contributed by atoms with E-state index >= 15 is 0 Å². The molecule has 2 aromatic carbocycles. The Hall–Kier alpha value is -4.11. The van der Waals surface area contributed by atoms with Crippen molar-refractivity contribution in [3.8, 4) is 5.88 Å². The van der Waals surface area contributed by atoms with Crippen LogP contribution in [0, 0.1) is 6.92 Å². The van der Waals surface area contributed by atoms with Gasteiger partial charge in [-0.05, 0) is 44.4 Å². The molecule has 3 heterocycles. The monoisotopic (exact) mass is 515 g/mol. The van der Waals surface area contributed by atoms with Crippen LogP contribution in [0.2, 0.25) is 0 Å². The fraction of sp³-hybridized carbons (Fsp3) is 0.345. The number of rotatable bonds is 8. The summed E-state index contributed by atoms with van der Waals surface area (Å²) in [5.41, 5.74) is 4.10. The van der Waals surface area contributed by atoms with Gasteiger partial charge >= 0.3 is 0 Å². The van der Waals surface area contributed by atoms with Crippen LogP contribution in [0.3, 0.4) is 0 Å². The zero-order valence-corrected chi connectivity index (χ0v) is 21.9. The lowest BCUT2D eigenvalue weighted by atomic mass is 10.0. The summed E-state index contributed by atoms with van der Waals surface area (Å²) >= 11 is 0. The molecule has 198 valence electrons. The minimum Gasteiger partial charge on any atom is -0.481 e. The molecule has 2 aromatic heterocycles. The highest BCUT2D eigenvalue weighted by atomic mass is 16.5. The minimum atomic E-state index is -0.150. The molecule has 1 aliphatic heterocycles. The summed E-state index contributed by atoms with van der Waals surface area (Å²) in [4.78, 5) is 23.7. The number of hydrogen-bond donors (Lipinski definition) is 3. The Morgan fingerprint density at radius 3 is 2.71 bits per heavy atom. The van der Waals surface area contributed by atoms with Crippen LogP contribution in [-0.2, 0) is 6.61 Å². The number of aliphatic hydroxyl groups excluding tert-OH is 1. The van der Waals surface area contributed by atoms with Gasteiger partial charge in [-0.2, -0.15) is 0 Å². The predicted molar refractivity (Wildman–Crippen MR) is 149 cm³/mol. The van der Waals surface area contributed by atoms with Crippen molar-refractivity contribution in [2.45, 2.75) is 45.4 Å². The summed E-state index contributed by atoms with van der Waals surface area (Å²) in [5, 5.41) is 17.3. The van der Waals surface area contributed by atoms with Crippen molar-refractivity contribution in [2.24, 2.45) is 0 Å². The van der Waals surface area contributed by atoms with Gasteiger partial charge in [0.1, 0.15) is 17.7 Å². The van der Waals surface area contributed by atoms with Crippen LogP contribution in [0.4, 0.5) is 17.4 Å². The van der Waals surface area contributed by atoms with Crippen molar-refractivity contribution in [3.05, 3.63) is 81.8 Å². The summed E-state index contributed by atoms with van der Waals surface area (Å²) < 4.78 is 11.6. The van der Waals surface area contributed by atoms with E-state index in [2.05, 4.69) is 31.6 Å². The van der Waals surface area contributed by atoms with Gasteiger partial charge in [-0.25, -0.2) is 9.97 Å². The Morgan fingerprint density at radius 1 is 1.16 bits per heavy atom. The Labute approximate surface area is 221 Å². The number of para-hydroxylation sites is 1. The van der Waals surface area contributed by atoms with E-state index in [0.29, 0.717) is 22.7 Å². The summed E-state index contributed by atoms with van der Waals surface area (Å²) in [7, 11) is 1.58. The molecule has 9 heteroatoms. The van der Waals surface area contributed by atoms with E-state index < -0.39 is 0 Å². The third-order valence-corrected chi connectivity index (χ3v) is 7.02. The smallest absolute Gasteiger partial charge is 0.218 e. The van der Waals surface area contributed by atoms with Gasteiger partial charge in [0.2, 0.25) is 5.88 Å². The number of aromatic nitrogens is 2. The Balaban J connectivity index is 1.37. The normalized spacial score (nSPS) is 14.9. The highest BCUT2D eigenvalue weighted by Gasteiger charge is 2.23. The molecule has 1 aliphatic rings. The van der Waals surface area contributed by atoms with E-state index in [9.17, 15) is 9.90 Å². The number of aliphatic hydroxyl groups is 1. The SMILES string of the molecule is COc1cc(NC2CCN(c3cc(=O)c4cc(C)cc(C(C)Nc5ccccc5CO)c4o3)CC2)ncn1. The quantitative estimate of drug-likeness (QED) is 0.309. The zero-order chi connectivity index (χ0) is 26.6. The van der Waals surface area contributed by atoms with Gasteiger partial charge in [-0.1, -0.05) is 24.3 Å². The topological polar surface area (TPSA) is 113 Å².